The van der Waals surface area contributed by atoms with E-state index in [1.54, 1.807) is 0 Å². The normalized spacial score (nSPS) is 12.3. The summed E-state index contributed by atoms with van der Waals surface area (Å²) in [6.07, 6.45) is 8.23. The van der Waals surface area contributed by atoms with Gasteiger partial charge in [-0.3, -0.25) is 0 Å². The van der Waals surface area contributed by atoms with Crippen LogP contribution in [-0.4, -0.2) is 0 Å². The zero-order valence-corrected chi connectivity index (χ0v) is 35.3. The second kappa shape index (κ2) is 17.2. The van der Waals surface area contributed by atoms with Crippen molar-refractivity contribution in [3.05, 3.63) is 230 Å². The maximum Gasteiger partial charge on any atom is 0.0462 e. The monoisotopic (exact) mass is 788 g/mol. The molecule has 0 bridgehead atoms. The molecule has 0 atom stereocenters. The topological polar surface area (TPSA) is 6.48 Å². The molecule has 61 heavy (non-hydrogen) atoms. The molecule has 2 nitrogen and oxygen atoms in total. The van der Waals surface area contributed by atoms with Crippen LogP contribution in [0.25, 0.3) is 45.5 Å². The zero-order valence-electron chi connectivity index (χ0n) is 35.3. The highest BCUT2D eigenvalue weighted by Crippen LogP contribution is 2.55. The van der Waals surface area contributed by atoms with Crippen molar-refractivity contribution in [2.75, 3.05) is 9.80 Å². The molecule has 0 fully saturated rings. The van der Waals surface area contributed by atoms with Crippen LogP contribution in [0.5, 0.6) is 0 Å². The van der Waals surface area contributed by atoms with Gasteiger partial charge >= 0.3 is 0 Å². The van der Waals surface area contributed by atoms with Gasteiger partial charge in [0.2, 0.25) is 0 Å². The van der Waals surface area contributed by atoms with Crippen LogP contribution >= 0.6 is 0 Å². The Morgan fingerprint density at radius 1 is 0.377 bits per heavy atom. The van der Waals surface area contributed by atoms with E-state index in [4.69, 9.17) is 0 Å². The summed E-state index contributed by atoms with van der Waals surface area (Å²) in [5.74, 6) is 0. The van der Waals surface area contributed by atoms with Gasteiger partial charge in [0.05, 0.1) is 0 Å². The van der Waals surface area contributed by atoms with E-state index in [0.29, 0.717) is 0 Å². The number of rotatable bonds is 14. The molecule has 1 aliphatic rings. The first kappa shape index (κ1) is 39.3. The summed E-state index contributed by atoms with van der Waals surface area (Å²) in [5, 5.41) is 0. The molecule has 8 aromatic rings. The lowest BCUT2D eigenvalue weighted by Gasteiger charge is -2.32. The molecule has 0 saturated carbocycles. The molecule has 0 radical (unpaired) electrons. The summed E-state index contributed by atoms with van der Waals surface area (Å²) in [7, 11) is 0. The van der Waals surface area contributed by atoms with Gasteiger partial charge in [-0.25, -0.2) is 0 Å². The highest BCUT2D eigenvalue weighted by atomic mass is 15.1. The molecule has 9 rings (SSSR count). The molecule has 1 aliphatic carbocycles. The number of benzene rings is 8. The van der Waals surface area contributed by atoms with Gasteiger partial charge < -0.3 is 9.80 Å². The maximum atomic E-state index is 3.95. The van der Waals surface area contributed by atoms with Crippen LogP contribution in [-0.2, 0) is 5.41 Å². The molecule has 2 heteroatoms. The number of hydrogen-bond donors (Lipinski definition) is 0. The summed E-state index contributed by atoms with van der Waals surface area (Å²) >= 11 is 0. The number of fused-ring (bicyclic) bond motifs is 3. The van der Waals surface area contributed by atoms with Crippen LogP contribution in [0.1, 0.15) is 61.8 Å². The van der Waals surface area contributed by atoms with Crippen LogP contribution in [0, 0.1) is 0 Å². The average molecular weight is 789 g/mol. The Bertz CT molecular complexity index is 2570. The molecule has 0 saturated heterocycles. The highest BCUT2D eigenvalue weighted by Gasteiger charge is 2.42. The van der Waals surface area contributed by atoms with Crippen LogP contribution < -0.4 is 9.80 Å². The second-order valence-electron chi connectivity index (χ2n) is 16.1. The van der Waals surface area contributed by atoms with Crippen molar-refractivity contribution in [1.82, 2.24) is 0 Å². The Morgan fingerprint density at radius 3 is 1.02 bits per heavy atom. The van der Waals surface area contributed by atoms with Crippen LogP contribution in [0.2, 0.25) is 0 Å². The third-order valence-electron chi connectivity index (χ3n) is 12.4. The summed E-state index contributed by atoms with van der Waals surface area (Å²) in [6.45, 7) is 12.6. The molecule has 8 aromatic carbocycles. The SMILES string of the molecule is C=Cc1ccc(N(c2ccccc2)c2ccc(-c3ccc4c(c3)C(CCC)(CCC)c3cc(-c5ccc(N(c6ccccc6)c6ccc(C=C)cc6)cc5)ccc3-4)cc2)cc1. The molecular formula is C59H52N2. The minimum Gasteiger partial charge on any atom is -0.311 e. The summed E-state index contributed by atoms with van der Waals surface area (Å²) in [4.78, 5) is 4.63. The lowest BCUT2D eigenvalue weighted by atomic mass is 9.71. The molecule has 0 amide bonds. The molecule has 0 unspecified atom stereocenters. The van der Waals surface area contributed by atoms with E-state index >= 15 is 0 Å². The Kier molecular flexibility index (Phi) is 11.1. The first-order chi connectivity index (χ1) is 30.0. The number of para-hydroxylation sites is 2. The third kappa shape index (κ3) is 7.51. The first-order valence-electron chi connectivity index (χ1n) is 21.7. The van der Waals surface area contributed by atoms with Gasteiger partial charge in [0.1, 0.15) is 0 Å². The zero-order chi connectivity index (χ0) is 41.8. The van der Waals surface area contributed by atoms with Crippen molar-refractivity contribution in [3.8, 4) is 33.4 Å². The Balaban J connectivity index is 1.05. The number of anilines is 6. The molecular weight excluding hydrogens is 737 g/mol. The largest absolute Gasteiger partial charge is 0.311 e. The van der Waals surface area contributed by atoms with Gasteiger partial charge in [-0.05, 0) is 153 Å². The Morgan fingerprint density at radius 2 is 0.689 bits per heavy atom. The molecule has 0 aliphatic heterocycles. The van der Waals surface area contributed by atoms with E-state index in [2.05, 4.69) is 231 Å². The fourth-order valence-corrected chi connectivity index (χ4v) is 9.54. The van der Waals surface area contributed by atoms with Gasteiger partial charge in [0.15, 0.2) is 0 Å². The highest BCUT2D eigenvalue weighted by molar-refractivity contribution is 5.87. The average Bonchev–Trinajstić information content (AvgIpc) is 3.58. The molecule has 0 aromatic heterocycles. The summed E-state index contributed by atoms with van der Waals surface area (Å²) < 4.78 is 0. The number of nitrogens with zero attached hydrogens (tertiary/aromatic N) is 2. The molecule has 0 heterocycles. The van der Waals surface area contributed by atoms with Gasteiger partial charge in [-0.15, -0.1) is 0 Å². The smallest absolute Gasteiger partial charge is 0.0462 e. The van der Waals surface area contributed by atoms with Crippen LogP contribution in [0.15, 0.2) is 207 Å². The van der Waals surface area contributed by atoms with E-state index < -0.39 is 0 Å². The minimum atomic E-state index is -0.0521. The minimum absolute atomic E-state index is 0.0521. The van der Waals surface area contributed by atoms with E-state index in [1.807, 2.05) is 12.2 Å². The predicted octanol–water partition coefficient (Wildman–Crippen LogP) is 17.1. The Labute approximate surface area is 362 Å². The Hall–Kier alpha value is -7.16. The van der Waals surface area contributed by atoms with Crippen molar-refractivity contribution < 1.29 is 0 Å². The van der Waals surface area contributed by atoms with Gasteiger partial charge in [-0.1, -0.05) is 161 Å². The first-order valence-corrected chi connectivity index (χ1v) is 21.7. The molecule has 298 valence electrons. The van der Waals surface area contributed by atoms with E-state index in [9.17, 15) is 0 Å². The second-order valence-corrected chi connectivity index (χ2v) is 16.1. The fourth-order valence-electron chi connectivity index (χ4n) is 9.54. The molecule has 0 N–H and O–H groups in total. The van der Waals surface area contributed by atoms with Gasteiger partial charge in [0, 0.05) is 39.5 Å². The summed E-state index contributed by atoms with van der Waals surface area (Å²) in [6, 6.07) is 71.0. The standard InChI is InChI=1S/C59H52N2/c1-5-39-59(40-6-2)57-41-47(45-23-33-53(34-24-45)60(49-15-11-9-12-16-49)51-29-19-43(7-3)20-30-51)27-37-55(57)56-38-28-48(42-58(56)59)46-25-35-54(36-26-46)61(50-17-13-10-14-18-50)52-31-21-44(8-4)22-32-52/h7-38,41-42H,3-6,39-40H2,1-2H3. The van der Waals surface area contributed by atoms with Crippen molar-refractivity contribution in [2.45, 2.75) is 44.9 Å². The fraction of sp³-hybridized carbons (Fsp3) is 0.119. The van der Waals surface area contributed by atoms with Gasteiger partial charge in [-0.2, -0.15) is 0 Å². The van der Waals surface area contributed by atoms with Crippen molar-refractivity contribution in [2.24, 2.45) is 0 Å². The van der Waals surface area contributed by atoms with Gasteiger partial charge in [0.25, 0.3) is 0 Å². The van der Waals surface area contributed by atoms with E-state index in [-0.39, 0.29) is 5.41 Å². The van der Waals surface area contributed by atoms with Crippen molar-refractivity contribution in [3.63, 3.8) is 0 Å². The number of hydrogen-bond acceptors (Lipinski definition) is 2. The van der Waals surface area contributed by atoms with E-state index in [0.717, 1.165) is 70.9 Å². The predicted molar refractivity (Wildman–Crippen MR) is 263 cm³/mol. The third-order valence-corrected chi connectivity index (χ3v) is 12.4. The summed E-state index contributed by atoms with van der Waals surface area (Å²) in [5.41, 5.74) is 19.5. The van der Waals surface area contributed by atoms with Crippen LogP contribution in [0.3, 0.4) is 0 Å². The van der Waals surface area contributed by atoms with Crippen molar-refractivity contribution in [1.29, 1.82) is 0 Å². The van der Waals surface area contributed by atoms with Crippen molar-refractivity contribution >= 4 is 46.3 Å². The lowest BCUT2D eigenvalue weighted by Crippen LogP contribution is -2.25. The van der Waals surface area contributed by atoms with E-state index in [1.165, 1.54) is 44.5 Å². The quantitative estimate of drug-likeness (QED) is 0.108. The lowest BCUT2D eigenvalue weighted by molar-refractivity contribution is 0.436. The molecule has 0 spiro atoms. The maximum absolute atomic E-state index is 3.95. The van der Waals surface area contributed by atoms with Crippen LogP contribution in [0.4, 0.5) is 34.1 Å².